The lowest BCUT2D eigenvalue weighted by Gasteiger charge is -2.07. The summed E-state index contributed by atoms with van der Waals surface area (Å²) in [5, 5.41) is 2.60. The van der Waals surface area contributed by atoms with Crippen LogP contribution in [0.3, 0.4) is 0 Å². The van der Waals surface area contributed by atoms with Gasteiger partial charge in [-0.1, -0.05) is 12.1 Å². The van der Waals surface area contributed by atoms with E-state index in [9.17, 15) is 9.18 Å². The van der Waals surface area contributed by atoms with Crippen LogP contribution < -0.4 is 11.1 Å². The molecule has 1 rings (SSSR count). The molecule has 0 aliphatic rings. The lowest BCUT2D eigenvalue weighted by atomic mass is 10.2. The summed E-state index contributed by atoms with van der Waals surface area (Å²) in [4.78, 5) is 11.1. The Morgan fingerprint density at radius 1 is 1.64 bits per heavy atom. The summed E-state index contributed by atoms with van der Waals surface area (Å²) >= 11 is 0. The van der Waals surface area contributed by atoms with Crippen molar-refractivity contribution < 1.29 is 9.18 Å². The maximum atomic E-state index is 12.7. The molecule has 3 nitrogen and oxygen atoms in total. The maximum Gasteiger partial charge on any atom is 0.236 e. The number of hydrogen-bond donors (Lipinski definition) is 2. The quantitative estimate of drug-likeness (QED) is 0.751. The number of carbonyl (C=O) groups excluding carboxylic acids is 1. The molecule has 4 heteroatoms. The molecule has 14 heavy (non-hydrogen) atoms. The third-order valence-corrected chi connectivity index (χ3v) is 1.77. The topological polar surface area (TPSA) is 55.1 Å². The van der Waals surface area contributed by atoms with Crippen molar-refractivity contribution in [2.24, 2.45) is 5.73 Å². The molecular formula is C10H13FN2O. The van der Waals surface area contributed by atoms with Gasteiger partial charge in [0.2, 0.25) is 5.91 Å². The molecule has 0 unspecified atom stereocenters. The Bertz CT molecular complexity index is 326. The van der Waals surface area contributed by atoms with Gasteiger partial charge in [-0.3, -0.25) is 4.79 Å². The van der Waals surface area contributed by atoms with E-state index in [1.54, 1.807) is 19.1 Å². The third kappa shape index (κ3) is 3.14. The van der Waals surface area contributed by atoms with E-state index >= 15 is 0 Å². The van der Waals surface area contributed by atoms with Crippen molar-refractivity contribution in [3.63, 3.8) is 0 Å². The van der Waals surface area contributed by atoms with Gasteiger partial charge in [-0.2, -0.15) is 0 Å². The average molecular weight is 196 g/mol. The van der Waals surface area contributed by atoms with Crippen molar-refractivity contribution in [1.29, 1.82) is 0 Å². The van der Waals surface area contributed by atoms with Crippen LogP contribution >= 0.6 is 0 Å². The van der Waals surface area contributed by atoms with E-state index in [0.29, 0.717) is 6.54 Å². The third-order valence-electron chi connectivity index (χ3n) is 1.77. The van der Waals surface area contributed by atoms with Crippen LogP contribution in [0.1, 0.15) is 12.5 Å². The predicted molar refractivity (Wildman–Crippen MR) is 51.9 cm³/mol. The molecule has 0 aromatic heterocycles. The Hall–Kier alpha value is -1.42. The largest absolute Gasteiger partial charge is 0.351 e. The standard InChI is InChI=1S/C10H13FN2O/c1-7(12)10(14)13-6-8-3-2-4-9(11)5-8/h2-5,7H,6,12H2,1H3,(H,13,14)/t7-/m0/s1. The van der Waals surface area contributed by atoms with Gasteiger partial charge in [-0.15, -0.1) is 0 Å². The molecule has 1 aromatic rings. The number of carbonyl (C=O) groups is 1. The molecule has 0 spiro atoms. The second-order valence-corrected chi connectivity index (χ2v) is 3.14. The summed E-state index contributed by atoms with van der Waals surface area (Å²) in [5.74, 6) is -0.549. The number of rotatable bonds is 3. The molecule has 0 aliphatic heterocycles. The summed E-state index contributed by atoms with van der Waals surface area (Å²) in [6.07, 6.45) is 0. The van der Waals surface area contributed by atoms with Gasteiger partial charge in [0, 0.05) is 6.54 Å². The molecule has 76 valence electrons. The first-order chi connectivity index (χ1) is 6.59. The van der Waals surface area contributed by atoms with Gasteiger partial charge in [0.1, 0.15) is 5.82 Å². The van der Waals surface area contributed by atoms with Crippen molar-refractivity contribution in [2.45, 2.75) is 19.5 Å². The molecular weight excluding hydrogens is 183 g/mol. The Morgan fingerprint density at radius 2 is 2.36 bits per heavy atom. The number of halogens is 1. The first-order valence-electron chi connectivity index (χ1n) is 4.37. The SMILES string of the molecule is C[C@H](N)C(=O)NCc1cccc(F)c1. The van der Waals surface area contributed by atoms with Gasteiger partial charge >= 0.3 is 0 Å². The number of nitrogens with two attached hydrogens (primary N) is 1. The normalized spacial score (nSPS) is 12.2. The highest BCUT2D eigenvalue weighted by atomic mass is 19.1. The Balaban J connectivity index is 2.50. The molecule has 3 N–H and O–H groups in total. The molecule has 0 saturated heterocycles. The highest BCUT2D eigenvalue weighted by Crippen LogP contribution is 2.02. The van der Waals surface area contributed by atoms with Gasteiger partial charge < -0.3 is 11.1 Å². The lowest BCUT2D eigenvalue weighted by molar-refractivity contribution is -0.122. The zero-order chi connectivity index (χ0) is 10.6. The molecule has 0 radical (unpaired) electrons. The van der Waals surface area contributed by atoms with Crippen LogP contribution in [0.2, 0.25) is 0 Å². The minimum atomic E-state index is -0.538. The summed E-state index contributed by atoms with van der Waals surface area (Å²) in [5.41, 5.74) is 6.07. The van der Waals surface area contributed by atoms with Crippen molar-refractivity contribution in [2.75, 3.05) is 0 Å². The molecule has 1 aromatic carbocycles. The summed E-state index contributed by atoms with van der Waals surface area (Å²) < 4.78 is 12.7. The lowest BCUT2D eigenvalue weighted by Crippen LogP contribution is -2.37. The van der Waals surface area contributed by atoms with Gasteiger partial charge in [0.25, 0.3) is 0 Å². The average Bonchev–Trinajstić information content (AvgIpc) is 2.14. The van der Waals surface area contributed by atoms with E-state index in [1.165, 1.54) is 12.1 Å². The highest BCUT2D eigenvalue weighted by molar-refractivity contribution is 5.80. The Kier molecular flexibility index (Phi) is 3.59. The Morgan fingerprint density at radius 3 is 2.93 bits per heavy atom. The zero-order valence-electron chi connectivity index (χ0n) is 7.96. The van der Waals surface area contributed by atoms with E-state index in [-0.39, 0.29) is 11.7 Å². The maximum absolute atomic E-state index is 12.7. The molecule has 0 saturated carbocycles. The van der Waals surface area contributed by atoms with E-state index < -0.39 is 6.04 Å². The minimum absolute atomic E-state index is 0.241. The summed E-state index contributed by atoms with van der Waals surface area (Å²) in [6, 6.07) is 5.54. The second kappa shape index (κ2) is 4.72. The van der Waals surface area contributed by atoms with Crippen molar-refractivity contribution in [3.05, 3.63) is 35.6 Å². The van der Waals surface area contributed by atoms with Crippen LogP contribution in [0, 0.1) is 5.82 Å². The fourth-order valence-electron chi connectivity index (χ4n) is 0.997. The predicted octanol–water partition coefficient (Wildman–Crippen LogP) is 0.789. The Labute approximate surface area is 82.1 Å². The smallest absolute Gasteiger partial charge is 0.236 e. The molecule has 1 atom stereocenters. The second-order valence-electron chi connectivity index (χ2n) is 3.14. The van der Waals surface area contributed by atoms with Crippen LogP contribution in [-0.4, -0.2) is 11.9 Å². The summed E-state index contributed by atoms with van der Waals surface area (Å²) in [6.45, 7) is 1.90. The number of hydrogen-bond acceptors (Lipinski definition) is 2. The number of amides is 1. The van der Waals surface area contributed by atoms with Crippen LogP contribution in [0.15, 0.2) is 24.3 Å². The fourth-order valence-corrected chi connectivity index (χ4v) is 0.997. The minimum Gasteiger partial charge on any atom is -0.351 e. The van der Waals surface area contributed by atoms with E-state index in [2.05, 4.69) is 5.32 Å². The molecule has 0 heterocycles. The van der Waals surface area contributed by atoms with Gasteiger partial charge in [-0.05, 0) is 24.6 Å². The fraction of sp³-hybridized carbons (Fsp3) is 0.300. The van der Waals surface area contributed by atoms with Crippen LogP contribution in [0.5, 0.6) is 0 Å². The van der Waals surface area contributed by atoms with Crippen LogP contribution in [0.4, 0.5) is 4.39 Å². The van der Waals surface area contributed by atoms with E-state index in [4.69, 9.17) is 5.73 Å². The van der Waals surface area contributed by atoms with Gasteiger partial charge in [0.05, 0.1) is 6.04 Å². The molecule has 1 amide bonds. The first kappa shape index (κ1) is 10.7. The van der Waals surface area contributed by atoms with Crippen LogP contribution in [-0.2, 0) is 11.3 Å². The number of nitrogens with one attached hydrogen (secondary N) is 1. The first-order valence-corrected chi connectivity index (χ1v) is 4.37. The van der Waals surface area contributed by atoms with E-state index in [1.807, 2.05) is 0 Å². The van der Waals surface area contributed by atoms with Gasteiger partial charge in [0.15, 0.2) is 0 Å². The van der Waals surface area contributed by atoms with Crippen LogP contribution in [0.25, 0.3) is 0 Å². The van der Waals surface area contributed by atoms with Gasteiger partial charge in [-0.25, -0.2) is 4.39 Å². The molecule has 0 aliphatic carbocycles. The van der Waals surface area contributed by atoms with Crippen molar-refractivity contribution in [3.8, 4) is 0 Å². The molecule has 0 bridgehead atoms. The monoisotopic (exact) mass is 196 g/mol. The highest BCUT2D eigenvalue weighted by Gasteiger charge is 2.05. The van der Waals surface area contributed by atoms with E-state index in [0.717, 1.165) is 5.56 Å². The molecule has 0 fully saturated rings. The van der Waals surface area contributed by atoms with Crippen molar-refractivity contribution in [1.82, 2.24) is 5.32 Å². The zero-order valence-corrected chi connectivity index (χ0v) is 7.96. The summed E-state index contributed by atoms with van der Waals surface area (Å²) in [7, 11) is 0. The van der Waals surface area contributed by atoms with Crippen molar-refractivity contribution >= 4 is 5.91 Å². The number of benzene rings is 1.